The maximum absolute atomic E-state index is 12.1. The summed E-state index contributed by atoms with van der Waals surface area (Å²) in [6.45, 7) is 0.431. The minimum atomic E-state index is -0.236. The van der Waals surface area contributed by atoms with E-state index in [1.54, 1.807) is 29.2 Å². The van der Waals surface area contributed by atoms with Gasteiger partial charge >= 0.3 is 0 Å². The second-order valence-corrected chi connectivity index (χ2v) is 7.71. The van der Waals surface area contributed by atoms with Gasteiger partial charge in [-0.05, 0) is 42.5 Å². The number of hydrogen-bond acceptors (Lipinski definition) is 4. The van der Waals surface area contributed by atoms with Crippen LogP contribution in [0.25, 0.3) is 0 Å². The monoisotopic (exact) mass is 411 g/mol. The van der Waals surface area contributed by atoms with Crippen LogP contribution >= 0.6 is 0 Å². The largest absolute Gasteiger partial charge is 0.350 e. The lowest BCUT2D eigenvalue weighted by Gasteiger charge is -2.20. The predicted molar refractivity (Wildman–Crippen MR) is 113 cm³/mol. The molecule has 3 N–H and O–H groups in total. The summed E-state index contributed by atoms with van der Waals surface area (Å²) in [5.74, 6) is -0.0207. The Morgan fingerprint density at radius 3 is 2.60 bits per heavy atom. The summed E-state index contributed by atoms with van der Waals surface area (Å²) < 4.78 is 1.54. The second kappa shape index (κ2) is 11.1. The smallest absolute Gasteiger partial charge is 0.246 e. The molecule has 8 nitrogen and oxygen atoms in total. The number of benzene rings is 1. The molecule has 1 saturated carbocycles. The third kappa shape index (κ3) is 7.35. The van der Waals surface area contributed by atoms with Crippen molar-refractivity contribution in [3.8, 4) is 0 Å². The fourth-order valence-corrected chi connectivity index (χ4v) is 3.67. The summed E-state index contributed by atoms with van der Waals surface area (Å²) in [5.41, 5.74) is 1.51. The molecule has 1 fully saturated rings. The first-order valence-electron chi connectivity index (χ1n) is 10.5. The quantitative estimate of drug-likeness (QED) is 0.588. The third-order valence-electron chi connectivity index (χ3n) is 5.21. The van der Waals surface area contributed by atoms with Gasteiger partial charge in [-0.3, -0.25) is 19.1 Å². The van der Waals surface area contributed by atoms with Crippen molar-refractivity contribution < 1.29 is 14.4 Å². The van der Waals surface area contributed by atoms with E-state index < -0.39 is 0 Å². The Hall–Kier alpha value is -3.16. The number of nitrogens with one attached hydrogen (secondary N) is 3. The van der Waals surface area contributed by atoms with Gasteiger partial charge < -0.3 is 16.0 Å². The molecule has 1 aromatic carbocycles. The third-order valence-corrected chi connectivity index (χ3v) is 5.21. The first-order valence-corrected chi connectivity index (χ1v) is 10.5. The SMILES string of the molecule is O=C(CNC(=O)CC1CCCCC1)NCc1cccc(NC(=O)Cn2cccn2)c1. The van der Waals surface area contributed by atoms with Gasteiger partial charge in [-0.2, -0.15) is 5.10 Å². The van der Waals surface area contributed by atoms with Crippen LogP contribution in [0.3, 0.4) is 0 Å². The number of amides is 3. The molecule has 30 heavy (non-hydrogen) atoms. The lowest BCUT2D eigenvalue weighted by molar-refractivity contribution is -0.126. The number of carbonyl (C=O) groups is 3. The summed E-state index contributed by atoms with van der Waals surface area (Å²) in [4.78, 5) is 36.1. The van der Waals surface area contributed by atoms with Crippen molar-refractivity contribution >= 4 is 23.4 Å². The van der Waals surface area contributed by atoms with Gasteiger partial charge in [-0.15, -0.1) is 0 Å². The van der Waals surface area contributed by atoms with E-state index in [0.717, 1.165) is 18.4 Å². The highest BCUT2D eigenvalue weighted by Crippen LogP contribution is 2.25. The molecule has 1 aliphatic rings. The number of anilines is 1. The fraction of sp³-hybridized carbons (Fsp3) is 0.455. The van der Waals surface area contributed by atoms with Gasteiger partial charge in [-0.25, -0.2) is 0 Å². The molecular weight excluding hydrogens is 382 g/mol. The first kappa shape index (κ1) is 21.5. The lowest BCUT2D eigenvalue weighted by Crippen LogP contribution is -2.37. The number of rotatable bonds is 9. The van der Waals surface area contributed by atoms with Crippen LogP contribution in [0.4, 0.5) is 5.69 Å². The van der Waals surface area contributed by atoms with E-state index in [9.17, 15) is 14.4 Å². The van der Waals surface area contributed by atoms with Crippen molar-refractivity contribution in [3.05, 3.63) is 48.3 Å². The van der Waals surface area contributed by atoms with Crippen molar-refractivity contribution in [2.45, 2.75) is 51.6 Å². The molecular formula is C22H29N5O3. The number of aromatic nitrogens is 2. The Labute approximate surface area is 176 Å². The Kier molecular flexibility index (Phi) is 8.00. The highest BCUT2D eigenvalue weighted by atomic mass is 16.2. The van der Waals surface area contributed by atoms with E-state index in [1.807, 2.05) is 18.2 Å². The standard InChI is InChI=1S/C22H29N5O3/c28-20(13-17-6-2-1-3-7-17)24-15-21(29)23-14-18-8-4-9-19(12-18)26-22(30)16-27-11-5-10-25-27/h4-5,8-12,17H,1-3,6-7,13-16H2,(H,23,29)(H,24,28)(H,26,30). The Balaban J connectivity index is 1.37. The molecule has 0 unspecified atom stereocenters. The topological polar surface area (TPSA) is 105 Å². The molecule has 160 valence electrons. The minimum absolute atomic E-state index is 0.0220. The molecule has 0 aliphatic heterocycles. The van der Waals surface area contributed by atoms with Gasteiger partial charge in [0.2, 0.25) is 17.7 Å². The van der Waals surface area contributed by atoms with Crippen molar-refractivity contribution in [2.24, 2.45) is 5.92 Å². The average Bonchev–Trinajstić information content (AvgIpc) is 3.24. The summed E-state index contributed by atoms with van der Waals surface area (Å²) in [6, 6.07) is 9.04. The Bertz CT molecular complexity index is 844. The van der Waals surface area contributed by atoms with Gasteiger partial charge in [0, 0.05) is 31.0 Å². The molecule has 1 aromatic heterocycles. The van der Waals surface area contributed by atoms with Crippen LogP contribution in [0.15, 0.2) is 42.7 Å². The average molecular weight is 412 g/mol. The predicted octanol–water partition coefficient (Wildman–Crippen LogP) is 2.22. The van der Waals surface area contributed by atoms with E-state index in [1.165, 1.54) is 19.3 Å². The summed E-state index contributed by atoms with van der Waals surface area (Å²) in [7, 11) is 0. The molecule has 3 amide bonds. The maximum Gasteiger partial charge on any atom is 0.246 e. The van der Waals surface area contributed by atoms with Crippen molar-refractivity contribution in [2.75, 3.05) is 11.9 Å². The van der Waals surface area contributed by atoms with Crippen LogP contribution in [0, 0.1) is 5.92 Å². The molecule has 0 saturated heterocycles. The van der Waals surface area contributed by atoms with E-state index in [0.29, 0.717) is 24.6 Å². The van der Waals surface area contributed by atoms with E-state index in [-0.39, 0.29) is 30.8 Å². The zero-order valence-corrected chi connectivity index (χ0v) is 17.1. The Morgan fingerprint density at radius 1 is 1.00 bits per heavy atom. The van der Waals surface area contributed by atoms with Gasteiger partial charge in [0.25, 0.3) is 0 Å². The molecule has 3 rings (SSSR count). The highest BCUT2D eigenvalue weighted by Gasteiger charge is 2.17. The van der Waals surface area contributed by atoms with Crippen LogP contribution in [0.5, 0.6) is 0 Å². The second-order valence-electron chi connectivity index (χ2n) is 7.71. The van der Waals surface area contributed by atoms with Gasteiger partial charge in [0.1, 0.15) is 6.54 Å². The van der Waals surface area contributed by atoms with Crippen molar-refractivity contribution in [3.63, 3.8) is 0 Å². The number of nitrogens with zero attached hydrogens (tertiary/aromatic N) is 2. The molecule has 8 heteroatoms. The minimum Gasteiger partial charge on any atom is -0.350 e. The molecule has 2 aromatic rings. The first-order chi connectivity index (χ1) is 14.6. The number of carbonyl (C=O) groups excluding carboxylic acids is 3. The Morgan fingerprint density at radius 2 is 1.83 bits per heavy atom. The zero-order chi connectivity index (χ0) is 21.2. The van der Waals surface area contributed by atoms with Crippen LogP contribution in [0.1, 0.15) is 44.1 Å². The summed E-state index contributed by atoms with van der Waals surface area (Å²) >= 11 is 0. The van der Waals surface area contributed by atoms with Gasteiger partial charge in [0.15, 0.2) is 0 Å². The fourth-order valence-electron chi connectivity index (χ4n) is 3.67. The van der Waals surface area contributed by atoms with E-state index in [4.69, 9.17) is 0 Å². The molecule has 0 radical (unpaired) electrons. The van der Waals surface area contributed by atoms with Crippen molar-refractivity contribution in [1.82, 2.24) is 20.4 Å². The van der Waals surface area contributed by atoms with Crippen LogP contribution in [0.2, 0.25) is 0 Å². The van der Waals surface area contributed by atoms with Gasteiger partial charge in [-0.1, -0.05) is 31.4 Å². The van der Waals surface area contributed by atoms with E-state index in [2.05, 4.69) is 21.0 Å². The van der Waals surface area contributed by atoms with Gasteiger partial charge in [0.05, 0.1) is 6.54 Å². The summed E-state index contributed by atoms with van der Waals surface area (Å²) in [6.07, 6.45) is 9.71. The van der Waals surface area contributed by atoms with Crippen LogP contribution < -0.4 is 16.0 Å². The van der Waals surface area contributed by atoms with Crippen LogP contribution in [-0.4, -0.2) is 34.0 Å². The van der Waals surface area contributed by atoms with E-state index >= 15 is 0 Å². The normalized spacial score (nSPS) is 14.1. The summed E-state index contributed by atoms with van der Waals surface area (Å²) in [5, 5.41) is 12.3. The molecule has 1 heterocycles. The van der Waals surface area contributed by atoms with Crippen LogP contribution in [-0.2, 0) is 27.5 Å². The molecule has 0 bridgehead atoms. The maximum atomic E-state index is 12.1. The van der Waals surface area contributed by atoms with Crippen molar-refractivity contribution in [1.29, 1.82) is 0 Å². The zero-order valence-electron chi connectivity index (χ0n) is 17.1. The highest BCUT2D eigenvalue weighted by molar-refractivity contribution is 5.90. The molecule has 1 aliphatic carbocycles. The molecule has 0 atom stereocenters. The lowest BCUT2D eigenvalue weighted by atomic mass is 9.87. The molecule has 0 spiro atoms. The number of hydrogen-bond donors (Lipinski definition) is 3.